The van der Waals surface area contributed by atoms with Gasteiger partial charge in [0.05, 0.1) is 45.3 Å². The summed E-state index contributed by atoms with van der Waals surface area (Å²) in [6.07, 6.45) is 3.03. The number of aryl methyl sites for hydroxylation is 1. The zero-order chi connectivity index (χ0) is 24.8. The molecule has 1 aliphatic rings. The molecule has 1 aliphatic carbocycles. The lowest BCUT2D eigenvalue weighted by atomic mass is 9.93. The minimum atomic E-state index is -0.311. The fraction of sp³-hybridized carbons (Fsp3) is 0.250. The number of nitriles is 1. The number of anilines is 1. The van der Waals surface area contributed by atoms with Crippen molar-refractivity contribution in [3.63, 3.8) is 0 Å². The Hall–Kier alpha value is -4.22. The van der Waals surface area contributed by atoms with Gasteiger partial charge >= 0.3 is 0 Å². The first kappa shape index (κ1) is 22.3. The van der Waals surface area contributed by atoms with Crippen molar-refractivity contribution in [2.24, 2.45) is 0 Å². The molecule has 6 rings (SSSR count). The van der Waals surface area contributed by atoms with Crippen LogP contribution in [0.3, 0.4) is 0 Å². The minimum Gasteiger partial charge on any atom is -0.393 e. The summed E-state index contributed by atoms with van der Waals surface area (Å²) in [6.45, 7) is 1.96. The lowest BCUT2D eigenvalue weighted by Crippen LogP contribution is -2.28. The van der Waals surface area contributed by atoms with Gasteiger partial charge in [-0.3, -0.25) is 0 Å². The average Bonchev–Trinajstić information content (AvgIpc) is 3.46. The Morgan fingerprint density at radius 3 is 2.75 bits per heavy atom. The highest BCUT2D eigenvalue weighted by atomic mass is 19.1. The predicted molar refractivity (Wildman–Crippen MR) is 137 cm³/mol. The summed E-state index contributed by atoms with van der Waals surface area (Å²) in [5.41, 5.74) is 6.17. The van der Waals surface area contributed by atoms with Crippen LogP contribution in [0, 0.1) is 24.1 Å². The minimum absolute atomic E-state index is 0.219. The number of fused-ring (bicyclic) bond motifs is 2. The van der Waals surface area contributed by atoms with E-state index in [1.165, 1.54) is 12.1 Å². The van der Waals surface area contributed by atoms with Crippen molar-refractivity contribution in [2.45, 2.75) is 44.8 Å². The lowest BCUT2D eigenvalue weighted by molar-refractivity contribution is 0.126. The summed E-state index contributed by atoms with van der Waals surface area (Å²) in [5, 5.41) is 28.8. The van der Waals surface area contributed by atoms with E-state index in [2.05, 4.69) is 21.4 Å². The summed E-state index contributed by atoms with van der Waals surface area (Å²) in [5.74, 6) is 0.347. The van der Waals surface area contributed by atoms with Crippen LogP contribution in [0.1, 0.15) is 36.9 Å². The van der Waals surface area contributed by atoms with Crippen LogP contribution in [0.25, 0.3) is 39.0 Å². The molecule has 0 saturated heterocycles. The maximum atomic E-state index is 13.7. The number of benzene rings is 3. The van der Waals surface area contributed by atoms with Crippen molar-refractivity contribution in [1.29, 1.82) is 5.26 Å². The highest BCUT2D eigenvalue weighted by molar-refractivity contribution is 5.97. The lowest BCUT2D eigenvalue weighted by Gasteiger charge is -2.27. The first-order chi connectivity index (χ1) is 17.5. The van der Waals surface area contributed by atoms with E-state index in [9.17, 15) is 14.8 Å². The van der Waals surface area contributed by atoms with Crippen LogP contribution in [0.15, 0.2) is 54.6 Å². The second-order valence-corrected chi connectivity index (χ2v) is 9.44. The highest BCUT2D eigenvalue weighted by Gasteiger charge is 2.21. The van der Waals surface area contributed by atoms with E-state index in [0.717, 1.165) is 59.2 Å². The summed E-state index contributed by atoms with van der Waals surface area (Å²) in [4.78, 5) is 7.92. The van der Waals surface area contributed by atoms with Gasteiger partial charge in [-0.15, -0.1) is 0 Å². The van der Waals surface area contributed by atoms with Crippen LogP contribution in [-0.4, -0.2) is 37.0 Å². The van der Waals surface area contributed by atoms with E-state index >= 15 is 0 Å². The molecule has 7 nitrogen and oxygen atoms in total. The average molecular weight is 481 g/mol. The molecule has 180 valence electrons. The van der Waals surface area contributed by atoms with Crippen molar-refractivity contribution in [2.75, 3.05) is 5.32 Å². The Balaban J connectivity index is 1.42. The first-order valence-corrected chi connectivity index (χ1v) is 12.1. The van der Waals surface area contributed by atoms with Gasteiger partial charge in [-0.25, -0.2) is 14.1 Å². The molecule has 1 saturated carbocycles. The standard InChI is InChI=1S/C28H25FN6O/c1-16-27-22(28-32-23-12-6-18(29)13-25(23)33-28)3-2-4-26(27)35(34-16)20-9-5-17(15-30)24(14-20)31-19-7-10-21(36)11-8-19/h2-6,9,12-14,19,21,31,36H,7-8,10-11H2,1H3,(H,32,33)/t19-,21-. The van der Waals surface area contributed by atoms with E-state index in [1.807, 2.05) is 48.0 Å². The number of aromatic amines is 1. The van der Waals surface area contributed by atoms with Crippen LogP contribution < -0.4 is 5.32 Å². The van der Waals surface area contributed by atoms with Gasteiger partial charge in [0.2, 0.25) is 0 Å². The van der Waals surface area contributed by atoms with Crippen LogP contribution in [-0.2, 0) is 0 Å². The summed E-state index contributed by atoms with van der Waals surface area (Å²) in [6, 6.07) is 18.6. The zero-order valence-corrected chi connectivity index (χ0v) is 19.8. The number of nitrogens with one attached hydrogen (secondary N) is 2. The molecule has 2 aromatic heterocycles. The van der Waals surface area contributed by atoms with Gasteiger partial charge in [0, 0.05) is 17.0 Å². The number of imidazole rings is 1. The largest absolute Gasteiger partial charge is 0.393 e. The van der Waals surface area contributed by atoms with Gasteiger partial charge in [-0.2, -0.15) is 10.4 Å². The van der Waals surface area contributed by atoms with Crippen LogP contribution >= 0.6 is 0 Å². The summed E-state index contributed by atoms with van der Waals surface area (Å²) < 4.78 is 15.6. The topological polar surface area (TPSA) is 103 Å². The molecule has 0 radical (unpaired) electrons. The molecule has 2 heterocycles. The van der Waals surface area contributed by atoms with E-state index < -0.39 is 0 Å². The number of hydrogen-bond acceptors (Lipinski definition) is 5. The monoisotopic (exact) mass is 480 g/mol. The molecule has 0 atom stereocenters. The van der Waals surface area contributed by atoms with Crippen molar-refractivity contribution in [3.05, 3.63) is 71.7 Å². The zero-order valence-electron chi connectivity index (χ0n) is 19.8. The smallest absolute Gasteiger partial charge is 0.139 e. The van der Waals surface area contributed by atoms with E-state index in [4.69, 9.17) is 5.10 Å². The third kappa shape index (κ3) is 3.88. The van der Waals surface area contributed by atoms with Crippen LogP contribution in [0.4, 0.5) is 10.1 Å². The number of H-pyrrole nitrogens is 1. The molecule has 1 fully saturated rings. The molecule has 0 amide bonds. The molecule has 3 N–H and O–H groups in total. The van der Waals surface area contributed by atoms with Crippen molar-refractivity contribution >= 4 is 27.6 Å². The quantitative estimate of drug-likeness (QED) is 0.311. The van der Waals surface area contributed by atoms with Gasteiger partial charge in [-0.1, -0.05) is 12.1 Å². The van der Waals surface area contributed by atoms with E-state index in [-0.39, 0.29) is 18.0 Å². The predicted octanol–water partition coefficient (Wildman–Crippen LogP) is 5.60. The van der Waals surface area contributed by atoms with Gasteiger partial charge in [-0.05, 0) is 75.1 Å². The number of hydrogen-bond donors (Lipinski definition) is 3. The van der Waals surface area contributed by atoms with Gasteiger partial charge in [0.15, 0.2) is 0 Å². The van der Waals surface area contributed by atoms with Crippen molar-refractivity contribution < 1.29 is 9.50 Å². The maximum Gasteiger partial charge on any atom is 0.139 e. The molecule has 5 aromatic rings. The summed E-state index contributed by atoms with van der Waals surface area (Å²) >= 11 is 0. The summed E-state index contributed by atoms with van der Waals surface area (Å²) in [7, 11) is 0. The van der Waals surface area contributed by atoms with Crippen LogP contribution in [0.2, 0.25) is 0 Å². The maximum absolute atomic E-state index is 13.7. The molecule has 36 heavy (non-hydrogen) atoms. The van der Waals surface area contributed by atoms with E-state index in [1.54, 1.807) is 6.07 Å². The fourth-order valence-electron chi connectivity index (χ4n) is 5.18. The van der Waals surface area contributed by atoms with Crippen molar-refractivity contribution in [1.82, 2.24) is 19.7 Å². The molecular formula is C28H25FN6O. The SMILES string of the molecule is Cc1nn(-c2ccc(C#N)c(N[C@H]3CC[C@H](O)CC3)c2)c2cccc(-c3nc4ccc(F)cc4[nH]3)c12. The third-order valence-electron chi connectivity index (χ3n) is 7.01. The Kier molecular flexibility index (Phi) is 5.42. The molecule has 0 aliphatic heterocycles. The van der Waals surface area contributed by atoms with Gasteiger partial charge in [0.1, 0.15) is 17.7 Å². The van der Waals surface area contributed by atoms with Gasteiger partial charge in [0.25, 0.3) is 0 Å². The molecule has 8 heteroatoms. The van der Waals surface area contributed by atoms with E-state index in [0.29, 0.717) is 22.4 Å². The number of halogens is 1. The Morgan fingerprint density at radius 2 is 1.94 bits per heavy atom. The number of rotatable bonds is 4. The Bertz CT molecular complexity index is 1640. The number of aromatic nitrogens is 4. The normalized spacial score (nSPS) is 17.9. The third-order valence-corrected chi connectivity index (χ3v) is 7.01. The Morgan fingerprint density at radius 1 is 1.11 bits per heavy atom. The van der Waals surface area contributed by atoms with Gasteiger partial charge < -0.3 is 15.4 Å². The van der Waals surface area contributed by atoms with Crippen molar-refractivity contribution in [3.8, 4) is 23.1 Å². The number of aliphatic hydroxyl groups excluding tert-OH is 1. The fourth-order valence-corrected chi connectivity index (χ4v) is 5.18. The molecule has 0 unspecified atom stereocenters. The van der Waals surface area contributed by atoms with Crippen LogP contribution in [0.5, 0.6) is 0 Å². The molecule has 3 aromatic carbocycles. The number of aliphatic hydroxyl groups is 1. The molecule has 0 spiro atoms. The highest BCUT2D eigenvalue weighted by Crippen LogP contribution is 2.33. The number of nitrogens with zero attached hydrogens (tertiary/aromatic N) is 4. The second kappa shape index (κ2) is 8.77. The second-order valence-electron chi connectivity index (χ2n) is 9.44. The molecule has 0 bridgehead atoms. The first-order valence-electron chi connectivity index (χ1n) is 12.1. The molecular weight excluding hydrogens is 455 g/mol. The Labute approximate surface area is 207 Å².